The molecule has 3 aliphatic heterocycles. The van der Waals surface area contributed by atoms with Gasteiger partial charge in [0.05, 0.1) is 24.5 Å². The number of sulfonamides is 1. The molecule has 0 aromatic heterocycles. The Hall–Kier alpha value is -0.700. The van der Waals surface area contributed by atoms with Crippen molar-refractivity contribution in [3.8, 4) is 0 Å². The van der Waals surface area contributed by atoms with E-state index in [9.17, 15) is 13.2 Å². The molecule has 0 bridgehead atoms. The van der Waals surface area contributed by atoms with E-state index in [1.807, 2.05) is 4.90 Å². The topological polar surface area (TPSA) is 70.2 Å². The second-order valence-corrected chi connectivity index (χ2v) is 8.65. The van der Waals surface area contributed by atoms with Gasteiger partial charge in [-0.3, -0.25) is 9.69 Å². The summed E-state index contributed by atoms with van der Waals surface area (Å²) >= 11 is 0. The molecule has 0 unspecified atom stereocenters. The molecule has 0 aromatic rings. The molecule has 7 nitrogen and oxygen atoms in total. The molecular weight excluding hydrogens is 306 g/mol. The van der Waals surface area contributed by atoms with E-state index in [0.29, 0.717) is 6.04 Å². The van der Waals surface area contributed by atoms with Crippen LogP contribution in [0.5, 0.6) is 0 Å². The van der Waals surface area contributed by atoms with Gasteiger partial charge >= 0.3 is 0 Å². The van der Waals surface area contributed by atoms with Crippen LogP contribution in [-0.4, -0.2) is 92.2 Å². The van der Waals surface area contributed by atoms with Crippen molar-refractivity contribution in [1.82, 2.24) is 14.1 Å². The van der Waals surface area contributed by atoms with E-state index in [4.69, 9.17) is 4.74 Å². The summed E-state index contributed by atoms with van der Waals surface area (Å²) in [6, 6.07) is 0.334. The van der Waals surface area contributed by atoms with Crippen LogP contribution in [-0.2, 0) is 19.6 Å². The standard InChI is InChI=1S/C14H25N3O4S/c1-11(18)16-5-3-12(4-6-16)17-9-13-14(10-17)21-7-8-22(19,20)15(13)2/h12-14H,3-10H2,1-2H3/t13-,14+/m1/s1. The van der Waals surface area contributed by atoms with E-state index in [1.165, 1.54) is 4.31 Å². The second-order valence-electron chi connectivity index (χ2n) is 6.50. The average Bonchev–Trinajstić information content (AvgIpc) is 2.86. The molecular formula is C14H25N3O4S. The Kier molecular flexibility index (Phi) is 4.46. The van der Waals surface area contributed by atoms with Crippen LogP contribution in [0.1, 0.15) is 19.8 Å². The monoisotopic (exact) mass is 331 g/mol. The smallest absolute Gasteiger partial charge is 0.219 e. The molecule has 126 valence electrons. The van der Waals surface area contributed by atoms with Gasteiger partial charge in [0, 0.05) is 46.2 Å². The van der Waals surface area contributed by atoms with Crippen molar-refractivity contribution in [1.29, 1.82) is 0 Å². The first-order chi connectivity index (χ1) is 10.4. The van der Waals surface area contributed by atoms with Gasteiger partial charge in [-0.15, -0.1) is 0 Å². The van der Waals surface area contributed by atoms with Crippen molar-refractivity contribution in [2.24, 2.45) is 0 Å². The van der Waals surface area contributed by atoms with Gasteiger partial charge in [-0.1, -0.05) is 0 Å². The number of carbonyl (C=O) groups is 1. The Balaban J connectivity index is 1.64. The van der Waals surface area contributed by atoms with Gasteiger partial charge in [-0.05, 0) is 12.8 Å². The van der Waals surface area contributed by atoms with E-state index in [2.05, 4.69) is 4.90 Å². The molecule has 3 fully saturated rings. The molecule has 0 saturated carbocycles. The zero-order valence-corrected chi connectivity index (χ0v) is 14.1. The Labute approximate surface area is 132 Å². The predicted octanol–water partition coefficient (Wildman–Crippen LogP) is -0.658. The fraction of sp³-hybridized carbons (Fsp3) is 0.929. The molecule has 0 radical (unpaired) electrons. The van der Waals surface area contributed by atoms with Crippen molar-refractivity contribution < 1.29 is 17.9 Å². The van der Waals surface area contributed by atoms with Gasteiger partial charge in [0.15, 0.2) is 0 Å². The Morgan fingerprint density at radius 1 is 1.18 bits per heavy atom. The number of carbonyl (C=O) groups excluding carboxylic acids is 1. The maximum atomic E-state index is 12.1. The summed E-state index contributed by atoms with van der Waals surface area (Å²) < 4.78 is 31.6. The lowest BCUT2D eigenvalue weighted by molar-refractivity contribution is -0.130. The molecule has 3 aliphatic rings. The van der Waals surface area contributed by atoms with Crippen LogP contribution in [0.4, 0.5) is 0 Å². The van der Waals surface area contributed by atoms with E-state index >= 15 is 0 Å². The molecule has 0 aromatic carbocycles. The molecule has 3 rings (SSSR count). The van der Waals surface area contributed by atoms with Gasteiger partial charge in [0.1, 0.15) is 0 Å². The summed E-state index contributed by atoms with van der Waals surface area (Å²) in [5, 5.41) is 0. The minimum Gasteiger partial charge on any atom is -0.374 e. The Morgan fingerprint density at radius 3 is 2.50 bits per heavy atom. The molecule has 0 spiro atoms. The number of nitrogens with zero attached hydrogens (tertiary/aromatic N) is 3. The molecule has 0 aliphatic carbocycles. The van der Waals surface area contributed by atoms with Gasteiger partial charge < -0.3 is 9.64 Å². The molecule has 22 heavy (non-hydrogen) atoms. The highest BCUT2D eigenvalue weighted by Crippen LogP contribution is 2.28. The minimum atomic E-state index is -3.20. The fourth-order valence-corrected chi connectivity index (χ4v) is 5.01. The van der Waals surface area contributed by atoms with E-state index < -0.39 is 10.0 Å². The van der Waals surface area contributed by atoms with Crippen LogP contribution < -0.4 is 0 Å². The summed E-state index contributed by atoms with van der Waals surface area (Å²) in [5.41, 5.74) is 0. The summed E-state index contributed by atoms with van der Waals surface area (Å²) in [7, 11) is -1.53. The number of likely N-dealkylation sites (N-methyl/N-ethyl adjacent to an activating group) is 1. The first kappa shape index (κ1) is 16.2. The molecule has 2 atom stereocenters. The van der Waals surface area contributed by atoms with Crippen LogP contribution >= 0.6 is 0 Å². The number of fused-ring (bicyclic) bond motifs is 1. The van der Waals surface area contributed by atoms with E-state index in [0.717, 1.165) is 39.0 Å². The number of likely N-dealkylation sites (tertiary alicyclic amines) is 2. The van der Waals surface area contributed by atoms with Crippen LogP contribution in [0.3, 0.4) is 0 Å². The molecule has 3 saturated heterocycles. The SMILES string of the molecule is CC(=O)N1CCC(N2C[C@@H]3OCCS(=O)(=O)N(C)[C@@H]3C2)CC1. The van der Waals surface area contributed by atoms with Crippen LogP contribution in [0.25, 0.3) is 0 Å². The highest BCUT2D eigenvalue weighted by molar-refractivity contribution is 7.89. The third-order valence-corrected chi connectivity index (χ3v) is 7.10. The van der Waals surface area contributed by atoms with Crippen LogP contribution in [0.2, 0.25) is 0 Å². The lowest BCUT2D eigenvalue weighted by Crippen LogP contribution is -2.47. The number of rotatable bonds is 1. The second kappa shape index (κ2) is 6.07. The highest BCUT2D eigenvalue weighted by Gasteiger charge is 2.44. The lowest BCUT2D eigenvalue weighted by Gasteiger charge is -2.36. The van der Waals surface area contributed by atoms with Crippen molar-refractivity contribution in [3.05, 3.63) is 0 Å². The normalized spacial score (nSPS) is 34.4. The zero-order chi connectivity index (χ0) is 15.9. The Bertz CT molecular complexity index is 530. The summed E-state index contributed by atoms with van der Waals surface area (Å²) in [6.07, 6.45) is 1.87. The highest BCUT2D eigenvalue weighted by atomic mass is 32.2. The average molecular weight is 331 g/mol. The number of hydrogen-bond donors (Lipinski definition) is 0. The Morgan fingerprint density at radius 2 is 1.86 bits per heavy atom. The third kappa shape index (κ3) is 3.02. The first-order valence-corrected chi connectivity index (χ1v) is 9.56. The van der Waals surface area contributed by atoms with Crippen LogP contribution in [0, 0.1) is 0 Å². The van der Waals surface area contributed by atoms with Crippen molar-refractivity contribution in [2.75, 3.05) is 45.6 Å². The molecule has 8 heteroatoms. The lowest BCUT2D eigenvalue weighted by atomic mass is 10.0. The largest absolute Gasteiger partial charge is 0.374 e. The van der Waals surface area contributed by atoms with Crippen LogP contribution in [0.15, 0.2) is 0 Å². The fourth-order valence-electron chi connectivity index (χ4n) is 3.80. The maximum absolute atomic E-state index is 12.1. The van der Waals surface area contributed by atoms with Gasteiger partial charge in [-0.2, -0.15) is 4.31 Å². The molecule has 3 heterocycles. The predicted molar refractivity (Wildman–Crippen MR) is 81.9 cm³/mol. The number of amides is 1. The van der Waals surface area contributed by atoms with Gasteiger partial charge in [-0.25, -0.2) is 8.42 Å². The quantitative estimate of drug-likeness (QED) is 0.638. The zero-order valence-electron chi connectivity index (χ0n) is 13.3. The molecule has 1 amide bonds. The summed E-state index contributed by atoms with van der Waals surface area (Å²) in [4.78, 5) is 15.6. The number of ether oxygens (including phenoxy) is 1. The van der Waals surface area contributed by atoms with Crippen molar-refractivity contribution >= 4 is 15.9 Å². The maximum Gasteiger partial charge on any atom is 0.219 e. The first-order valence-electron chi connectivity index (χ1n) is 7.95. The minimum absolute atomic E-state index is 0.0342. The summed E-state index contributed by atoms with van der Waals surface area (Å²) in [5.74, 6) is 0.215. The number of hydrogen-bond acceptors (Lipinski definition) is 5. The van der Waals surface area contributed by atoms with Gasteiger partial charge in [0.25, 0.3) is 0 Å². The number of piperidine rings is 1. The van der Waals surface area contributed by atoms with Crippen molar-refractivity contribution in [2.45, 2.75) is 38.0 Å². The molecule has 0 N–H and O–H groups in total. The van der Waals surface area contributed by atoms with E-state index in [-0.39, 0.29) is 30.4 Å². The third-order valence-electron chi connectivity index (χ3n) is 5.27. The van der Waals surface area contributed by atoms with Gasteiger partial charge in [0.2, 0.25) is 15.9 Å². The van der Waals surface area contributed by atoms with E-state index in [1.54, 1.807) is 14.0 Å². The summed E-state index contributed by atoms with van der Waals surface area (Å²) in [6.45, 7) is 4.99. The van der Waals surface area contributed by atoms with Crippen molar-refractivity contribution in [3.63, 3.8) is 0 Å².